The van der Waals surface area contributed by atoms with Crippen molar-refractivity contribution in [2.24, 2.45) is 0 Å². The number of hydrogen-bond acceptors (Lipinski definition) is 5. The molecule has 2 aromatic heterocycles. The molecule has 0 aliphatic heterocycles. The number of nitrogens with zero attached hydrogens (tertiary/aromatic N) is 4. The maximum atomic E-state index is 13.6. The van der Waals surface area contributed by atoms with Crippen molar-refractivity contribution < 1.29 is 8.78 Å². The van der Waals surface area contributed by atoms with E-state index in [1.807, 2.05) is 11.5 Å². The maximum absolute atomic E-state index is 13.6. The van der Waals surface area contributed by atoms with Crippen LogP contribution >= 0.6 is 0 Å². The first-order valence-electron chi connectivity index (χ1n) is 6.36. The van der Waals surface area contributed by atoms with Crippen LogP contribution in [0.4, 0.5) is 20.4 Å². The van der Waals surface area contributed by atoms with Gasteiger partial charge < -0.3 is 15.2 Å². The summed E-state index contributed by atoms with van der Waals surface area (Å²) in [4.78, 5) is 3.89. The van der Waals surface area contributed by atoms with E-state index < -0.39 is 11.6 Å². The van der Waals surface area contributed by atoms with Crippen molar-refractivity contribution >= 4 is 11.6 Å². The van der Waals surface area contributed by atoms with Gasteiger partial charge in [0, 0.05) is 19.2 Å². The van der Waals surface area contributed by atoms with Crippen LogP contribution < -0.4 is 10.6 Å². The van der Waals surface area contributed by atoms with E-state index in [0.29, 0.717) is 18.9 Å². The van der Waals surface area contributed by atoms with Crippen LogP contribution in [0.1, 0.15) is 19.7 Å². The van der Waals surface area contributed by atoms with E-state index >= 15 is 0 Å². The number of pyridine rings is 1. The highest BCUT2D eigenvalue weighted by Gasteiger charge is 2.12. The number of aryl methyl sites for hydroxylation is 1. The lowest BCUT2D eigenvalue weighted by Gasteiger charge is -2.10. The first-order chi connectivity index (χ1) is 9.65. The van der Waals surface area contributed by atoms with Gasteiger partial charge in [0.25, 0.3) is 0 Å². The molecule has 2 heterocycles. The Hall–Kier alpha value is -2.25. The van der Waals surface area contributed by atoms with Gasteiger partial charge in [-0.2, -0.15) is 0 Å². The van der Waals surface area contributed by atoms with Crippen molar-refractivity contribution in [3.05, 3.63) is 29.9 Å². The summed E-state index contributed by atoms with van der Waals surface area (Å²) in [6.45, 7) is 5.23. The highest BCUT2D eigenvalue weighted by molar-refractivity contribution is 5.47. The quantitative estimate of drug-likeness (QED) is 0.848. The predicted molar refractivity (Wildman–Crippen MR) is 71.3 cm³/mol. The predicted octanol–water partition coefficient (Wildman–Crippen LogP) is 2.02. The van der Waals surface area contributed by atoms with Gasteiger partial charge in [-0.3, -0.25) is 0 Å². The van der Waals surface area contributed by atoms with Gasteiger partial charge in [0.15, 0.2) is 29.1 Å². The van der Waals surface area contributed by atoms with Crippen LogP contribution in [0.5, 0.6) is 0 Å². The van der Waals surface area contributed by atoms with Gasteiger partial charge in [0.2, 0.25) is 0 Å². The zero-order valence-electron chi connectivity index (χ0n) is 11.3. The molecule has 0 atom stereocenters. The van der Waals surface area contributed by atoms with E-state index in [2.05, 4.69) is 25.8 Å². The Balaban J connectivity index is 2.14. The molecule has 2 rings (SSSR count). The molecule has 6 nitrogen and oxygen atoms in total. The monoisotopic (exact) mass is 282 g/mol. The largest absolute Gasteiger partial charge is 0.368 e. The summed E-state index contributed by atoms with van der Waals surface area (Å²) in [5, 5.41) is 13.2. The Kier molecular flexibility index (Phi) is 4.44. The lowest BCUT2D eigenvalue weighted by Crippen LogP contribution is -2.11. The van der Waals surface area contributed by atoms with Crippen molar-refractivity contribution in [1.29, 1.82) is 0 Å². The summed E-state index contributed by atoms with van der Waals surface area (Å²) in [5.41, 5.74) is 0. The second-order valence-corrected chi connectivity index (χ2v) is 4.07. The zero-order valence-corrected chi connectivity index (χ0v) is 11.3. The molecule has 108 valence electrons. The van der Waals surface area contributed by atoms with E-state index in [0.717, 1.165) is 6.07 Å². The molecule has 2 N–H and O–H groups in total. The highest BCUT2D eigenvalue weighted by Crippen LogP contribution is 2.19. The Morgan fingerprint density at radius 3 is 2.50 bits per heavy atom. The zero-order chi connectivity index (χ0) is 14.5. The average molecular weight is 282 g/mol. The number of anilines is 2. The topological polar surface area (TPSA) is 67.7 Å². The van der Waals surface area contributed by atoms with E-state index in [4.69, 9.17) is 0 Å². The SMILES string of the molecule is CCNc1nc(NCc2nncn2CC)c(F)cc1F. The Morgan fingerprint density at radius 1 is 1.15 bits per heavy atom. The van der Waals surface area contributed by atoms with Crippen LogP contribution in [0, 0.1) is 11.6 Å². The second-order valence-electron chi connectivity index (χ2n) is 4.07. The molecule has 0 aromatic carbocycles. The van der Waals surface area contributed by atoms with E-state index in [1.54, 1.807) is 13.3 Å². The molecule has 0 amide bonds. The minimum atomic E-state index is -0.744. The third kappa shape index (κ3) is 3.01. The Labute approximate surface area is 115 Å². The van der Waals surface area contributed by atoms with E-state index in [9.17, 15) is 8.78 Å². The van der Waals surface area contributed by atoms with Gasteiger partial charge in [0.05, 0.1) is 6.54 Å². The van der Waals surface area contributed by atoms with Crippen molar-refractivity contribution in [3.8, 4) is 0 Å². The number of rotatable bonds is 6. The van der Waals surface area contributed by atoms with Crippen LogP contribution in [-0.2, 0) is 13.1 Å². The first-order valence-corrected chi connectivity index (χ1v) is 6.36. The van der Waals surface area contributed by atoms with Crippen LogP contribution in [0.15, 0.2) is 12.4 Å². The molecular formula is C12H16F2N6. The second kappa shape index (κ2) is 6.27. The van der Waals surface area contributed by atoms with Crippen molar-refractivity contribution in [3.63, 3.8) is 0 Å². The van der Waals surface area contributed by atoms with E-state index in [1.165, 1.54) is 0 Å². The molecule has 0 radical (unpaired) electrons. The van der Waals surface area contributed by atoms with Gasteiger partial charge in [0.1, 0.15) is 6.33 Å². The van der Waals surface area contributed by atoms with Crippen LogP contribution in [0.25, 0.3) is 0 Å². The minimum absolute atomic E-state index is 0.0204. The molecule has 0 saturated heterocycles. The van der Waals surface area contributed by atoms with Crippen molar-refractivity contribution in [2.75, 3.05) is 17.2 Å². The molecule has 0 aliphatic rings. The van der Waals surface area contributed by atoms with Gasteiger partial charge in [-0.05, 0) is 13.8 Å². The summed E-state index contributed by atoms with van der Waals surface area (Å²) < 4.78 is 28.9. The number of halogens is 2. The Morgan fingerprint density at radius 2 is 1.85 bits per heavy atom. The van der Waals surface area contributed by atoms with Crippen molar-refractivity contribution in [1.82, 2.24) is 19.7 Å². The molecule has 0 bridgehead atoms. The lowest BCUT2D eigenvalue weighted by atomic mass is 10.4. The smallest absolute Gasteiger partial charge is 0.168 e. The summed E-state index contributed by atoms with van der Waals surface area (Å²) in [6.07, 6.45) is 1.59. The number of aromatic nitrogens is 4. The fraction of sp³-hybridized carbons (Fsp3) is 0.417. The summed E-state index contributed by atoms with van der Waals surface area (Å²) in [6, 6.07) is 0.803. The van der Waals surface area contributed by atoms with Gasteiger partial charge in [-0.15, -0.1) is 10.2 Å². The van der Waals surface area contributed by atoms with Gasteiger partial charge >= 0.3 is 0 Å². The highest BCUT2D eigenvalue weighted by atomic mass is 19.1. The normalized spacial score (nSPS) is 10.6. The molecule has 0 fully saturated rings. The van der Waals surface area contributed by atoms with E-state index in [-0.39, 0.29) is 18.2 Å². The number of nitrogens with one attached hydrogen (secondary N) is 2. The molecule has 0 saturated carbocycles. The summed E-state index contributed by atoms with van der Waals surface area (Å²) in [5.74, 6) is -0.803. The average Bonchev–Trinajstić information content (AvgIpc) is 2.88. The molecule has 0 spiro atoms. The van der Waals surface area contributed by atoms with Gasteiger partial charge in [-0.1, -0.05) is 0 Å². The first kappa shape index (κ1) is 14.2. The third-order valence-corrected chi connectivity index (χ3v) is 2.72. The fourth-order valence-electron chi connectivity index (χ4n) is 1.72. The standard InChI is InChI=1S/C12H16F2N6/c1-3-15-11-8(13)5-9(14)12(18-11)16-6-10-19-17-7-20(10)4-2/h5,7H,3-4,6H2,1-2H3,(H2,15,16,18). The molecule has 0 aliphatic carbocycles. The van der Waals surface area contributed by atoms with Crippen LogP contribution in [0.3, 0.4) is 0 Å². The fourth-order valence-corrected chi connectivity index (χ4v) is 1.72. The van der Waals surface area contributed by atoms with Crippen molar-refractivity contribution in [2.45, 2.75) is 26.9 Å². The molecule has 2 aromatic rings. The molecule has 20 heavy (non-hydrogen) atoms. The summed E-state index contributed by atoms with van der Waals surface area (Å²) >= 11 is 0. The third-order valence-electron chi connectivity index (χ3n) is 2.72. The van der Waals surface area contributed by atoms with Gasteiger partial charge in [-0.25, -0.2) is 13.8 Å². The summed E-state index contributed by atoms with van der Waals surface area (Å²) in [7, 11) is 0. The minimum Gasteiger partial charge on any atom is -0.368 e. The molecule has 8 heteroatoms. The molecular weight excluding hydrogens is 266 g/mol. The molecule has 0 unspecified atom stereocenters. The lowest BCUT2D eigenvalue weighted by molar-refractivity contribution is 0.577. The Bertz CT molecular complexity index is 583. The number of hydrogen-bond donors (Lipinski definition) is 2. The van der Waals surface area contributed by atoms with Crippen LogP contribution in [-0.4, -0.2) is 26.3 Å². The van der Waals surface area contributed by atoms with Crippen LogP contribution in [0.2, 0.25) is 0 Å². The maximum Gasteiger partial charge on any atom is 0.168 e.